The lowest BCUT2D eigenvalue weighted by molar-refractivity contribution is 0.0347. The molecule has 1 aliphatic heterocycles. The second kappa shape index (κ2) is 12.6. The smallest absolute Gasteiger partial charge is 0.0701 e. The van der Waals surface area contributed by atoms with Gasteiger partial charge in [0, 0.05) is 13.1 Å². The standard InChI is InChI=1S/C16H34N2O2/c1-17-9-7-5-3-4-6-8-10-18(2)12-14-20-16-15-19-13-11-17/h3-16H2,1-2H3. The first-order valence-electron chi connectivity index (χ1n) is 8.31. The van der Waals surface area contributed by atoms with Gasteiger partial charge >= 0.3 is 0 Å². The molecule has 0 radical (unpaired) electrons. The second-order valence-corrected chi connectivity index (χ2v) is 5.95. The fraction of sp³-hybridized carbons (Fsp3) is 1.00. The van der Waals surface area contributed by atoms with Crippen molar-refractivity contribution in [3.63, 3.8) is 0 Å². The first kappa shape index (κ1) is 17.9. The summed E-state index contributed by atoms with van der Waals surface area (Å²) in [6, 6.07) is 0. The Balaban J connectivity index is 2.16. The van der Waals surface area contributed by atoms with Crippen LogP contribution < -0.4 is 0 Å². The molecule has 1 heterocycles. The number of rotatable bonds is 0. The van der Waals surface area contributed by atoms with Crippen LogP contribution in [0.1, 0.15) is 38.5 Å². The van der Waals surface area contributed by atoms with Crippen LogP contribution in [0.25, 0.3) is 0 Å². The van der Waals surface area contributed by atoms with Gasteiger partial charge in [-0.15, -0.1) is 0 Å². The molecule has 0 spiro atoms. The molecule has 0 aromatic heterocycles. The number of hydrogen-bond acceptors (Lipinski definition) is 4. The number of hydrogen-bond donors (Lipinski definition) is 0. The predicted octanol–water partition coefficient (Wildman–Crippen LogP) is 2.24. The molecule has 1 fully saturated rings. The van der Waals surface area contributed by atoms with Crippen LogP contribution in [0.5, 0.6) is 0 Å². The Morgan fingerprint density at radius 1 is 0.500 bits per heavy atom. The zero-order valence-corrected chi connectivity index (χ0v) is 13.6. The molecule has 0 amide bonds. The van der Waals surface area contributed by atoms with E-state index in [-0.39, 0.29) is 0 Å². The first-order chi connectivity index (χ1) is 9.79. The van der Waals surface area contributed by atoms with Crippen LogP contribution in [0.4, 0.5) is 0 Å². The molecule has 0 aromatic carbocycles. The Morgan fingerprint density at radius 2 is 0.900 bits per heavy atom. The summed E-state index contributed by atoms with van der Waals surface area (Å²) in [6.07, 6.45) is 8.15. The Hall–Kier alpha value is -0.160. The maximum Gasteiger partial charge on any atom is 0.0701 e. The van der Waals surface area contributed by atoms with Crippen LogP contribution >= 0.6 is 0 Å². The van der Waals surface area contributed by atoms with Crippen molar-refractivity contribution in [2.45, 2.75) is 38.5 Å². The highest BCUT2D eigenvalue weighted by Gasteiger charge is 2.01. The molecule has 1 saturated heterocycles. The van der Waals surface area contributed by atoms with Crippen molar-refractivity contribution >= 4 is 0 Å². The molecule has 1 rings (SSSR count). The third kappa shape index (κ3) is 10.6. The van der Waals surface area contributed by atoms with Gasteiger partial charge in [0.2, 0.25) is 0 Å². The molecule has 20 heavy (non-hydrogen) atoms. The Labute approximate surface area is 125 Å². The topological polar surface area (TPSA) is 24.9 Å². The summed E-state index contributed by atoms with van der Waals surface area (Å²) in [4.78, 5) is 4.75. The van der Waals surface area contributed by atoms with Crippen molar-refractivity contribution in [2.75, 3.05) is 66.7 Å². The fourth-order valence-electron chi connectivity index (χ4n) is 2.46. The van der Waals surface area contributed by atoms with Crippen molar-refractivity contribution in [1.82, 2.24) is 9.80 Å². The van der Waals surface area contributed by atoms with Crippen molar-refractivity contribution in [1.29, 1.82) is 0 Å². The van der Waals surface area contributed by atoms with Crippen LogP contribution in [-0.2, 0) is 9.47 Å². The fourth-order valence-corrected chi connectivity index (χ4v) is 2.46. The lowest BCUT2D eigenvalue weighted by Gasteiger charge is -2.18. The van der Waals surface area contributed by atoms with Crippen LogP contribution in [0.15, 0.2) is 0 Å². The third-order valence-electron chi connectivity index (χ3n) is 3.94. The summed E-state index contributed by atoms with van der Waals surface area (Å²) in [5, 5.41) is 0. The van der Waals surface area contributed by atoms with Gasteiger partial charge in [-0.3, -0.25) is 0 Å². The zero-order valence-electron chi connectivity index (χ0n) is 13.6. The van der Waals surface area contributed by atoms with E-state index in [4.69, 9.17) is 9.47 Å². The van der Waals surface area contributed by atoms with Gasteiger partial charge in [-0.05, 0) is 40.0 Å². The summed E-state index contributed by atoms with van der Waals surface area (Å²) in [5.74, 6) is 0. The van der Waals surface area contributed by atoms with E-state index in [9.17, 15) is 0 Å². The van der Waals surface area contributed by atoms with Gasteiger partial charge in [0.05, 0.1) is 26.4 Å². The van der Waals surface area contributed by atoms with Crippen LogP contribution in [0.2, 0.25) is 0 Å². The van der Waals surface area contributed by atoms with Crippen molar-refractivity contribution in [2.24, 2.45) is 0 Å². The van der Waals surface area contributed by atoms with E-state index in [1.54, 1.807) is 0 Å². The Morgan fingerprint density at radius 3 is 1.35 bits per heavy atom. The van der Waals surface area contributed by atoms with E-state index in [0.717, 1.165) is 39.5 Å². The molecular weight excluding hydrogens is 252 g/mol. The summed E-state index contributed by atoms with van der Waals surface area (Å²) >= 11 is 0. The SMILES string of the molecule is CN1CCCCCCCCN(C)CCOCCOCC1. The molecule has 120 valence electrons. The highest BCUT2D eigenvalue weighted by atomic mass is 16.5. The van der Waals surface area contributed by atoms with E-state index in [0.29, 0.717) is 0 Å². The summed E-state index contributed by atoms with van der Waals surface area (Å²) in [6.45, 7) is 7.53. The molecule has 0 N–H and O–H groups in total. The van der Waals surface area contributed by atoms with Gasteiger partial charge in [-0.25, -0.2) is 0 Å². The molecule has 0 saturated carbocycles. The van der Waals surface area contributed by atoms with Gasteiger partial charge in [-0.1, -0.05) is 25.7 Å². The summed E-state index contributed by atoms with van der Waals surface area (Å²) in [7, 11) is 4.38. The lowest BCUT2D eigenvalue weighted by atomic mass is 10.1. The number of ether oxygens (including phenoxy) is 2. The molecule has 4 nitrogen and oxygen atoms in total. The lowest BCUT2D eigenvalue weighted by Crippen LogP contribution is -2.26. The largest absolute Gasteiger partial charge is 0.378 e. The van der Waals surface area contributed by atoms with Crippen LogP contribution in [0, 0.1) is 0 Å². The summed E-state index contributed by atoms with van der Waals surface area (Å²) < 4.78 is 11.2. The van der Waals surface area contributed by atoms with Crippen molar-refractivity contribution < 1.29 is 9.47 Å². The third-order valence-corrected chi connectivity index (χ3v) is 3.94. The minimum absolute atomic E-state index is 0.720. The van der Waals surface area contributed by atoms with Gasteiger partial charge in [-0.2, -0.15) is 0 Å². The minimum atomic E-state index is 0.720. The molecule has 4 heteroatoms. The Kier molecular flexibility index (Phi) is 11.2. The maximum atomic E-state index is 5.60. The van der Waals surface area contributed by atoms with Gasteiger partial charge in [0.25, 0.3) is 0 Å². The van der Waals surface area contributed by atoms with Crippen molar-refractivity contribution in [3.05, 3.63) is 0 Å². The normalized spacial score (nSPS) is 24.9. The minimum Gasteiger partial charge on any atom is -0.378 e. The van der Waals surface area contributed by atoms with E-state index < -0.39 is 0 Å². The second-order valence-electron chi connectivity index (χ2n) is 5.95. The van der Waals surface area contributed by atoms with E-state index >= 15 is 0 Å². The average Bonchev–Trinajstić information content (AvgIpc) is 2.43. The van der Waals surface area contributed by atoms with E-state index in [1.807, 2.05) is 0 Å². The molecular formula is C16H34N2O2. The van der Waals surface area contributed by atoms with Crippen LogP contribution in [-0.4, -0.2) is 76.5 Å². The van der Waals surface area contributed by atoms with Crippen molar-refractivity contribution in [3.8, 4) is 0 Å². The highest BCUT2D eigenvalue weighted by Crippen LogP contribution is 2.06. The monoisotopic (exact) mass is 286 g/mol. The molecule has 0 aromatic rings. The van der Waals surface area contributed by atoms with E-state index in [1.165, 1.54) is 51.6 Å². The highest BCUT2D eigenvalue weighted by molar-refractivity contribution is 4.55. The molecule has 0 unspecified atom stereocenters. The quantitative estimate of drug-likeness (QED) is 0.682. The van der Waals surface area contributed by atoms with Gasteiger partial charge in [0.15, 0.2) is 0 Å². The summed E-state index contributed by atoms with van der Waals surface area (Å²) in [5.41, 5.74) is 0. The number of likely N-dealkylation sites (N-methyl/N-ethyl adjacent to an activating group) is 2. The first-order valence-corrected chi connectivity index (χ1v) is 8.31. The molecule has 0 atom stereocenters. The van der Waals surface area contributed by atoms with Gasteiger partial charge < -0.3 is 19.3 Å². The van der Waals surface area contributed by atoms with Gasteiger partial charge in [0.1, 0.15) is 0 Å². The average molecular weight is 286 g/mol. The Bertz CT molecular complexity index is 173. The van der Waals surface area contributed by atoms with Crippen LogP contribution in [0.3, 0.4) is 0 Å². The number of nitrogens with zero attached hydrogens (tertiary/aromatic N) is 2. The zero-order chi connectivity index (χ0) is 14.5. The van der Waals surface area contributed by atoms with E-state index in [2.05, 4.69) is 23.9 Å². The molecule has 0 aliphatic carbocycles. The maximum absolute atomic E-state index is 5.60. The molecule has 1 aliphatic rings. The molecule has 0 bridgehead atoms. The predicted molar refractivity (Wildman–Crippen MR) is 84.3 cm³/mol.